The molecule has 1 N–H and O–H groups in total. The maximum absolute atomic E-state index is 11.9. The van der Waals surface area contributed by atoms with Crippen molar-refractivity contribution in [2.75, 3.05) is 27.2 Å². The summed E-state index contributed by atoms with van der Waals surface area (Å²) in [5.74, 6) is 1.99. The molecule has 1 heterocycles. The highest BCUT2D eigenvalue weighted by molar-refractivity contribution is 14.0. The van der Waals surface area contributed by atoms with E-state index in [2.05, 4.69) is 53.5 Å². The standard InChI is InChI=1S/C24H32N4O2.HI/c1-4-25-24(27(2)17-19-10-12-22(30-3)13-11-19)26-16-20-7-5-8-21(15-20)18-28-14-6-9-23(28)29;/h5,7-8,10-13,15H,4,6,9,14,16-18H2,1-3H3,(H,25,26);1H. The van der Waals surface area contributed by atoms with Crippen LogP contribution in [0.4, 0.5) is 0 Å². The summed E-state index contributed by atoms with van der Waals surface area (Å²) < 4.78 is 5.23. The lowest BCUT2D eigenvalue weighted by Crippen LogP contribution is -2.38. The van der Waals surface area contributed by atoms with Crippen LogP contribution < -0.4 is 10.1 Å². The van der Waals surface area contributed by atoms with Crippen LogP contribution in [0.1, 0.15) is 36.5 Å². The van der Waals surface area contributed by atoms with Crippen molar-refractivity contribution in [2.45, 2.75) is 39.4 Å². The third kappa shape index (κ3) is 7.41. The molecule has 0 aliphatic carbocycles. The van der Waals surface area contributed by atoms with Crippen molar-refractivity contribution >= 4 is 35.8 Å². The van der Waals surface area contributed by atoms with Crippen LogP contribution in [0, 0.1) is 0 Å². The van der Waals surface area contributed by atoms with Crippen molar-refractivity contribution in [1.29, 1.82) is 0 Å². The Kier molecular flexibility index (Phi) is 10.1. The highest BCUT2D eigenvalue weighted by Gasteiger charge is 2.19. The molecule has 168 valence electrons. The summed E-state index contributed by atoms with van der Waals surface area (Å²) in [6, 6.07) is 16.5. The summed E-state index contributed by atoms with van der Waals surface area (Å²) >= 11 is 0. The van der Waals surface area contributed by atoms with E-state index >= 15 is 0 Å². The van der Waals surface area contributed by atoms with Gasteiger partial charge in [-0.2, -0.15) is 0 Å². The number of methoxy groups -OCH3 is 1. The van der Waals surface area contributed by atoms with Gasteiger partial charge in [0.2, 0.25) is 5.91 Å². The molecule has 0 aromatic heterocycles. The first kappa shape index (κ1) is 25.0. The Hall–Kier alpha value is -2.29. The number of amides is 1. The molecule has 0 atom stereocenters. The first-order chi connectivity index (χ1) is 14.6. The topological polar surface area (TPSA) is 57.2 Å². The van der Waals surface area contributed by atoms with Crippen LogP contribution in [-0.2, 0) is 24.4 Å². The number of carbonyl (C=O) groups is 1. The normalized spacial score (nSPS) is 13.7. The fourth-order valence-corrected chi connectivity index (χ4v) is 3.63. The summed E-state index contributed by atoms with van der Waals surface area (Å²) in [5, 5.41) is 3.37. The minimum atomic E-state index is 0. The van der Waals surface area contributed by atoms with Crippen LogP contribution in [0.2, 0.25) is 0 Å². The highest BCUT2D eigenvalue weighted by Crippen LogP contribution is 2.16. The summed E-state index contributed by atoms with van der Waals surface area (Å²) in [6.45, 7) is 5.78. The lowest BCUT2D eigenvalue weighted by Gasteiger charge is -2.22. The zero-order valence-corrected chi connectivity index (χ0v) is 21.0. The molecule has 0 saturated carbocycles. The van der Waals surface area contributed by atoms with E-state index in [1.807, 2.05) is 24.1 Å². The quantitative estimate of drug-likeness (QED) is 0.315. The molecule has 0 bridgehead atoms. The maximum atomic E-state index is 11.9. The van der Waals surface area contributed by atoms with Gasteiger partial charge in [0.15, 0.2) is 5.96 Å². The van der Waals surface area contributed by atoms with Crippen molar-refractivity contribution in [3.8, 4) is 5.75 Å². The van der Waals surface area contributed by atoms with E-state index in [4.69, 9.17) is 9.73 Å². The van der Waals surface area contributed by atoms with Crippen molar-refractivity contribution in [3.05, 3.63) is 65.2 Å². The largest absolute Gasteiger partial charge is 0.497 e. The number of hydrogen-bond acceptors (Lipinski definition) is 3. The zero-order chi connectivity index (χ0) is 21.3. The minimum Gasteiger partial charge on any atom is -0.497 e. The fourth-order valence-electron chi connectivity index (χ4n) is 3.63. The predicted octanol–water partition coefficient (Wildman–Crippen LogP) is 4.03. The van der Waals surface area contributed by atoms with Crippen molar-refractivity contribution in [1.82, 2.24) is 15.1 Å². The number of nitrogens with one attached hydrogen (secondary N) is 1. The van der Waals surface area contributed by atoms with E-state index < -0.39 is 0 Å². The van der Waals surface area contributed by atoms with Gasteiger partial charge in [0, 0.05) is 39.6 Å². The van der Waals surface area contributed by atoms with Crippen LogP contribution in [0.5, 0.6) is 5.75 Å². The van der Waals surface area contributed by atoms with Gasteiger partial charge in [-0.05, 0) is 42.2 Å². The molecule has 1 saturated heterocycles. The molecule has 2 aromatic carbocycles. The average Bonchev–Trinajstić information content (AvgIpc) is 3.16. The molecule has 31 heavy (non-hydrogen) atoms. The van der Waals surface area contributed by atoms with Gasteiger partial charge in [0.25, 0.3) is 0 Å². The Morgan fingerprint density at radius 2 is 1.90 bits per heavy atom. The highest BCUT2D eigenvalue weighted by atomic mass is 127. The molecule has 1 fully saturated rings. The molecular weight excluding hydrogens is 503 g/mol. The Balaban J connectivity index is 0.00000341. The van der Waals surface area contributed by atoms with Gasteiger partial charge in [-0.1, -0.05) is 36.4 Å². The van der Waals surface area contributed by atoms with E-state index in [1.165, 1.54) is 5.56 Å². The van der Waals surface area contributed by atoms with Gasteiger partial charge < -0.3 is 19.9 Å². The first-order valence-electron chi connectivity index (χ1n) is 10.6. The van der Waals surface area contributed by atoms with E-state index in [1.54, 1.807) is 7.11 Å². The molecule has 7 heteroatoms. The zero-order valence-electron chi connectivity index (χ0n) is 18.6. The second kappa shape index (κ2) is 12.5. The fraction of sp³-hybridized carbons (Fsp3) is 0.417. The number of carbonyl (C=O) groups excluding carboxylic acids is 1. The molecule has 1 amide bonds. The number of likely N-dealkylation sites (tertiary alicyclic amines) is 1. The summed E-state index contributed by atoms with van der Waals surface area (Å²) in [7, 11) is 3.72. The Labute approximate surface area is 202 Å². The van der Waals surface area contributed by atoms with E-state index in [0.717, 1.165) is 48.9 Å². The second-order valence-electron chi connectivity index (χ2n) is 7.61. The monoisotopic (exact) mass is 536 g/mol. The SMILES string of the molecule is CCNC(=NCc1cccc(CN2CCCC2=O)c1)N(C)Cc1ccc(OC)cc1.I. The molecule has 6 nitrogen and oxygen atoms in total. The van der Waals surface area contributed by atoms with E-state index in [-0.39, 0.29) is 29.9 Å². The maximum Gasteiger partial charge on any atom is 0.222 e. The Morgan fingerprint density at radius 3 is 2.55 bits per heavy atom. The van der Waals surface area contributed by atoms with E-state index in [0.29, 0.717) is 19.5 Å². The van der Waals surface area contributed by atoms with Crippen molar-refractivity contribution < 1.29 is 9.53 Å². The molecular formula is C24H33IN4O2. The van der Waals surface area contributed by atoms with Gasteiger partial charge in [-0.25, -0.2) is 4.99 Å². The van der Waals surface area contributed by atoms with Crippen LogP contribution >= 0.6 is 24.0 Å². The second-order valence-corrected chi connectivity index (χ2v) is 7.61. The van der Waals surface area contributed by atoms with Crippen molar-refractivity contribution in [3.63, 3.8) is 0 Å². The lowest BCUT2D eigenvalue weighted by atomic mass is 10.1. The third-order valence-electron chi connectivity index (χ3n) is 5.22. The number of nitrogens with zero attached hydrogens (tertiary/aromatic N) is 3. The summed E-state index contributed by atoms with van der Waals surface area (Å²) in [4.78, 5) is 20.8. The average molecular weight is 536 g/mol. The predicted molar refractivity (Wildman–Crippen MR) is 136 cm³/mol. The summed E-state index contributed by atoms with van der Waals surface area (Å²) in [6.07, 6.45) is 1.64. The number of hydrogen-bond donors (Lipinski definition) is 1. The van der Waals surface area contributed by atoms with Gasteiger partial charge in [0.05, 0.1) is 13.7 Å². The molecule has 3 rings (SSSR count). The molecule has 0 radical (unpaired) electrons. The lowest BCUT2D eigenvalue weighted by molar-refractivity contribution is -0.128. The van der Waals surface area contributed by atoms with Gasteiger partial charge in [-0.15, -0.1) is 24.0 Å². The van der Waals surface area contributed by atoms with Crippen LogP contribution in [-0.4, -0.2) is 48.9 Å². The number of benzene rings is 2. The van der Waals surface area contributed by atoms with Gasteiger partial charge in [0.1, 0.15) is 5.75 Å². The molecule has 2 aromatic rings. The van der Waals surface area contributed by atoms with Gasteiger partial charge >= 0.3 is 0 Å². The van der Waals surface area contributed by atoms with E-state index in [9.17, 15) is 4.79 Å². The number of ether oxygens (including phenoxy) is 1. The van der Waals surface area contributed by atoms with Crippen LogP contribution in [0.3, 0.4) is 0 Å². The first-order valence-corrected chi connectivity index (χ1v) is 10.6. The van der Waals surface area contributed by atoms with Crippen molar-refractivity contribution in [2.24, 2.45) is 4.99 Å². The number of rotatable bonds is 8. The smallest absolute Gasteiger partial charge is 0.222 e. The summed E-state index contributed by atoms with van der Waals surface area (Å²) in [5.41, 5.74) is 3.50. The molecule has 0 unspecified atom stereocenters. The van der Waals surface area contributed by atoms with Crippen LogP contribution in [0.15, 0.2) is 53.5 Å². The van der Waals surface area contributed by atoms with Crippen LogP contribution in [0.25, 0.3) is 0 Å². The number of halogens is 1. The number of guanidine groups is 1. The number of aliphatic imine (C=N–C) groups is 1. The van der Waals surface area contributed by atoms with Gasteiger partial charge in [-0.3, -0.25) is 4.79 Å². The molecule has 0 spiro atoms. The molecule has 1 aliphatic heterocycles. The Morgan fingerprint density at radius 1 is 1.16 bits per heavy atom. The third-order valence-corrected chi connectivity index (χ3v) is 5.22. The molecule has 1 aliphatic rings. The minimum absolute atomic E-state index is 0. The Bertz CT molecular complexity index is 870.